The van der Waals surface area contributed by atoms with Crippen LogP contribution in [0, 0.1) is 6.92 Å². The summed E-state index contributed by atoms with van der Waals surface area (Å²) in [5.74, 6) is 2.10. The minimum atomic E-state index is -1.64. The predicted molar refractivity (Wildman–Crippen MR) is 131 cm³/mol. The van der Waals surface area contributed by atoms with Gasteiger partial charge in [0.1, 0.15) is 11.5 Å². The predicted octanol–water partition coefficient (Wildman–Crippen LogP) is 2.50. The zero-order valence-electron chi connectivity index (χ0n) is 18.7. The molecule has 4 rings (SSSR count). The Balaban J connectivity index is 1.67. The van der Waals surface area contributed by atoms with Crippen LogP contribution in [-0.2, 0) is 6.54 Å². The van der Waals surface area contributed by atoms with Gasteiger partial charge < -0.3 is 30.6 Å². The standard InChI is InChI=1S/C24H25BN4O4/c1-14-20-10-15(16-6-9-22(26)21(11-16)25(30)31)5-8-19(20)24(29-28-14)27-13-17-4-7-18(32-2)12-23(17)33-3/h4-12,30-31H,13,26H2,1-3H3,(H,27,29). The van der Waals surface area contributed by atoms with Gasteiger partial charge in [-0.15, -0.1) is 5.10 Å². The van der Waals surface area contributed by atoms with Crippen LogP contribution in [0.1, 0.15) is 11.3 Å². The van der Waals surface area contributed by atoms with Gasteiger partial charge in [0, 0.05) is 40.1 Å². The van der Waals surface area contributed by atoms with Crippen LogP contribution in [0.2, 0.25) is 0 Å². The second kappa shape index (κ2) is 9.36. The summed E-state index contributed by atoms with van der Waals surface area (Å²) in [4.78, 5) is 0. The van der Waals surface area contributed by atoms with Crippen molar-refractivity contribution in [3.63, 3.8) is 0 Å². The van der Waals surface area contributed by atoms with Crippen molar-refractivity contribution in [3.05, 3.63) is 65.9 Å². The third kappa shape index (κ3) is 4.55. The van der Waals surface area contributed by atoms with Gasteiger partial charge in [-0.1, -0.05) is 18.2 Å². The van der Waals surface area contributed by atoms with E-state index in [0.717, 1.165) is 44.7 Å². The zero-order chi connectivity index (χ0) is 23.5. The van der Waals surface area contributed by atoms with Crippen LogP contribution in [0.4, 0.5) is 11.5 Å². The van der Waals surface area contributed by atoms with E-state index >= 15 is 0 Å². The molecule has 0 spiro atoms. The van der Waals surface area contributed by atoms with Gasteiger partial charge in [0.15, 0.2) is 5.82 Å². The number of nitrogens with two attached hydrogens (primary N) is 1. The lowest BCUT2D eigenvalue weighted by molar-refractivity contribution is 0.391. The number of hydrogen-bond donors (Lipinski definition) is 4. The van der Waals surface area contributed by atoms with Crippen LogP contribution in [0.3, 0.4) is 0 Å². The van der Waals surface area contributed by atoms with Crippen LogP contribution < -0.4 is 26.0 Å². The molecule has 0 aliphatic heterocycles. The van der Waals surface area contributed by atoms with Gasteiger partial charge in [0.25, 0.3) is 0 Å². The molecule has 0 amide bonds. The maximum absolute atomic E-state index is 9.58. The molecule has 4 aromatic rings. The normalized spacial score (nSPS) is 10.8. The monoisotopic (exact) mass is 444 g/mol. The SMILES string of the molecule is COc1ccc(CNc2nnc(C)c3cc(-c4ccc(N)c(B(O)O)c4)ccc23)c(OC)c1. The van der Waals surface area contributed by atoms with Crippen molar-refractivity contribution >= 4 is 34.9 Å². The first kappa shape index (κ1) is 22.4. The van der Waals surface area contributed by atoms with Crippen molar-refractivity contribution in [2.75, 3.05) is 25.3 Å². The largest absolute Gasteiger partial charge is 0.497 e. The van der Waals surface area contributed by atoms with Crippen LogP contribution in [0.15, 0.2) is 54.6 Å². The van der Waals surface area contributed by atoms with Crippen LogP contribution in [0.5, 0.6) is 11.5 Å². The van der Waals surface area contributed by atoms with E-state index in [9.17, 15) is 10.0 Å². The molecule has 0 fully saturated rings. The summed E-state index contributed by atoms with van der Waals surface area (Å²) in [6, 6.07) is 16.8. The molecule has 0 saturated carbocycles. The highest BCUT2D eigenvalue weighted by atomic mass is 16.5. The number of benzene rings is 3. The number of fused-ring (bicyclic) bond motifs is 1. The van der Waals surface area contributed by atoms with E-state index in [-0.39, 0.29) is 5.46 Å². The van der Waals surface area contributed by atoms with Crippen molar-refractivity contribution in [3.8, 4) is 22.6 Å². The number of nitrogens with zero attached hydrogens (tertiary/aromatic N) is 2. The summed E-state index contributed by atoms with van der Waals surface area (Å²) in [6.07, 6.45) is 0. The highest BCUT2D eigenvalue weighted by Gasteiger charge is 2.16. The minimum absolute atomic E-state index is 0.271. The van der Waals surface area contributed by atoms with Gasteiger partial charge in [-0.2, -0.15) is 5.10 Å². The summed E-state index contributed by atoms with van der Waals surface area (Å²) >= 11 is 0. The molecule has 8 nitrogen and oxygen atoms in total. The maximum atomic E-state index is 9.58. The first-order valence-corrected chi connectivity index (χ1v) is 10.4. The van der Waals surface area contributed by atoms with E-state index in [0.29, 0.717) is 18.1 Å². The van der Waals surface area contributed by atoms with E-state index in [1.807, 2.05) is 49.4 Å². The highest BCUT2D eigenvalue weighted by Crippen LogP contribution is 2.30. The number of aryl methyl sites for hydroxylation is 1. The Morgan fingerprint density at radius 1 is 0.909 bits per heavy atom. The zero-order valence-corrected chi connectivity index (χ0v) is 18.7. The molecule has 168 valence electrons. The Morgan fingerprint density at radius 3 is 2.39 bits per heavy atom. The summed E-state index contributed by atoms with van der Waals surface area (Å²) in [5.41, 5.74) is 9.94. The summed E-state index contributed by atoms with van der Waals surface area (Å²) in [6.45, 7) is 2.40. The Bertz CT molecular complexity index is 1310. The Labute approximate surface area is 192 Å². The number of anilines is 2. The minimum Gasteiger partial charge on any atom is -0.497 e. The van der Waals surface area contributed by atoms with Crippen molar-refractivity contribution in [2.24, 2.45) is 0 Å². The molecular weight excluding hydrogens is 419 g/mol. The molecule has 5 N–H and O–H groups in total. The van der Waals surface area contributed by atoms with Gasteiger partial charge in [0.05, 0.1) is 19.9 Å². The number of ether oxygens (including phenoxy) is 2. The lowest BCUT2D eigenvalue weighted by atomic mass is 9.77. The molecule has 0 atom stereocenters. The first-order valence-electron chi connectivity index (χ1n) is 10.4. The quantitative estimate of drug-likeness (QED) is 0.253. The number of hydrogen-bond acceptors (Lipinski definition) is 8. The molecule has 1 aromatic heterocycles. The number of rotatable bonds is 7. The lowest BCUT2D eigenvalue weighted by Crippen LogP contribution is -2.32. The molecule has 0 aliphatic carbocycles. The fraction of sp³-hybridized carbons (Fsp3) is 0.167. The third-order valence-electron chi connectivity index (χ3n) is 5.60. The third-order valence-corrected chi connectivity index (χ3v) is 5.60. The van der Waals surface area contributed by atoms with Gasteiger partial charge in [-0.05, 0) is 48.4 Å². The molecule has 0 radical (unpaired) electrons. The van der Waals surface area contributed by atoms with Crippen LogP contribution >= 0.6 is 0 Å². The number of methoxy groups -OCH3 is 2. The Morgan fingerprint density at radius 2 is 1.67 bits per heavy atom. The Kier molecular flexibility index (Phi) is 6.35. The molecule has 1 heterocycles. The molecule has 0 aliphatic rings. The van der Waals surface area contributed by atoms with E-state index in [1.54, 1.807) is 26.4 Å². The average molecular weight is 444 g/mol. The van der Waals surface area contributed by atoms with E-state index < -0.39 is 7.12 Å². The fourth-order valence-corrected chi connectivity index (χ4v) is 3.75. The highest BCUT2D eigenvalue weighted by molar-refractivity contribution is 6.60. The number of nitrogen functional groups attached to an aromatic ring is 1. The summed E-state index contributed by atoms with van der Waals surface area (Å²) < 4.78 is 10.7. The Hall–Kier alpha value is -3.82. The molecule has 9 heteroatoms. The molecule has 3 aromatic carbocycles. The molecule has 33 heavy (non-hydrogen) atoms. The van der Waals surface area contributed by atoms with Crippen molar-refractivity contribution in [1.29, 1.82) is 0 Å². The van der Waals surface area contributed by atoms with Crippen LogP contribution in [0.25, 0.3) is 21.9 Å². The summed E-state index contributed by atoms with van der Waals surface area (Å²) in [5, 5.41) is 33.1. The molecule has 0 unspecified atom stereocenters. The first-order chi connectivity index (χ1) is 15.9. The number of nitrogens with one attached hydrogen (secondary N) is 1. The lowest BCUT2D eigenvalue weighted by Gasteiger charge is -2.14. The van der Waals surface area contributed by atoms with Gasteiger partial charge >= 0.3 is 7.12 Å². The van der Waals surface area contributed by atoms with Crippen molar-refractivity contribution in [2.45, 2.75) is 13.5 Å². The van der Waals surface area contributed by atoms with Gasteiger partial charge in [0.2, 0.25) is 0 Å². The number of aromatic nitrogens is 2. The molecule has 0 bridgehead atoms. The second-order valence-corrected chi connectivity index (χ2v) is 7.64. The van der Waals surface area contributed by atoms with Crippen LogP contribution in [-0.4, -0.2) is 41.6 Å². The maximum Gasteiger partial charge on any atom is 0.490 e. The molecular formula is C24H25BN4O4. The smallest absolute Gasteiger partial charge is 0.490 e. The van der Waals surface area contributed by atoms with E-state index in [2.05, 4.69) is 15.5 Å². The van der Waals surface area contributed by atoms with E-state index in [4.69, 9.17) is 15.2 Å². The van der Waals surface area contributed by atoms with Gasteiger partial charge in [-0.25, -0.2) is 0 Å². The average Bonchev–Trinajstić information content (AvgIpc) is 2.83. The summed E-state index contributed by atoms with van der Waals surface area (Å²) in [7, 11) is 1.61. The molecule has 0 saturated heterocycles. The van der Waals surface area contributed by atoms with Crippen molar-refractivity contribution < 1.29 is 19.5 Å². The second-order valence-electron chi connectivity index (χ2n) is 7.64. The van der Waals surface area contributed by atoms with Gasteiger partial charge in [-0.3, -0.25) is 0 Å². The van der Waals surface area contributed by atoms with E-state index in [1.165, 1.54) is 0 Å². The fourth-order valence-electron chi connectivity index (χ4n) is 3.75. The van der Waals surface area contributed by atoms with Crippen molar-refractivity contribution in [1.82, 2.24) is 10.2 Å². The topological polar surface area (TPSA) is 123 Å².